The second-order valence-electron chi connectivity index (χ2n) is 8.45. The molecule has 30 heavy (non-hydrogen) atoms. The Bertz CT molecular complexity index is 941. The molecule has 0 unspecified atom stereocenters. The zero-order valence-corrected chi connectivity index (χ0v) is 18.0. The van der Waals surface area contributed by atoms with Crippen LogP contribution in [-0.4, -0.2) is 22.4 Å². The molecule has 160 valence electrons. The SMILES string of the molecule is CC(C)c1ccc([C@H](C)NC(=O)Cn2cc(C(=O)NC3CCCC3)ccc2=O)cc1. The van der Waals surface area contributed by atoms with E-state index in [1.54, 1.807) is 0 Å². The fourth-order valence-corrected chi connectivity index (χ4v) is 3.82. The lowest BCUT2D eigenvalue weighted by Gasteiger charge is -2.16. The topological polar surface area (TPSA) is 80.2 Å². The normalized spacial score (nSPS) is 15.2. The van der Waals surface area contributed by atoms with Crippen LogP contribution in [0.4, 0.5) is 0 Å². The summed E-state index contributed by atoms with van der Waals surface area (Å²) in [4.78, 5) is 37.2. The van der Waals surface area contributed by atoms with E-state index >= 15 is 0 Å². The van der Waals surface area contributed by atoms with Crippen molar-refractivity contribution >= 4 is 11.8 Å². The number of amides is 2. The van der Waals surface area contributed by atoms with Crippen LogP contribution < -0.4 is 16.2 Å². The van der Waals surface area contributed by atoms with Crippen molar-refractivity contribution in [3.05, 3.63) is 69.6 Å². The van der Waals surface area contributed by atoms with Crippen molar-refractivity contribution in [3.63, 3.8) is 0 Å². The Morgan fingerprint density at radius 2 is 1.63 bits per heavy atom. The Hall–Kier alpha value is -2.89. The first kappa shape index (κ1) is 21.8. The van der Waals surface area contributed by atoms with Crippen LogP contribution in [0.3, 0.4) is 0 Å². The number of nitrogens with one attached hydrogen (secondary N) is 2. The van der Waals surface area contributed by atoms with E-state index in [4.69, 9.17) is 0 Å². The van der Waals surface area contributed by atoms with E-state index in [2.05, 4.69) is 36.6 Å². The molecular weight excluding hydrogens is 378 g/mol. The summed E-state index contributed by atoms with van der Waals surface area (Å²) in [6.07, 6.45) is 5.70. The molecule has 1 aliphatic carbocycles. The highest BCUT2D eigenvalue weighted by atomic mass is 16.2. The number of nitrogens with zero attached hydrogens (tertiary/aromatic N) is 1. The van der Waals surface area contributed by atoms with Gasteiger partial charge in [0, 0.05) is 18.3 Å². The lowest BCUT2D eigenvalue weighted by molar-refractivity contribution is -0.122. The third-order valence-corrected chi connectivity index (χ3v) is 5.73. The van der Waals surface area contributed by atoms with Gasteiger partial charge in [-0.05, 0) is 42.9 Å². The van der Waals surface area contributed by atoms with Gasteiger partial charge in [0.2, 0.25) is 5.91 Å². The summed E-state index contributed by atoms with van der Waals surface area (Å²) in [6.45, 7) is 6.06. The summed E-state index contributed by atoms with van der Waals surface area (Å²) in [5, 5.41) is 5.94. The second-order valence-corrected chi connectivity index (χ2v) is 8.45. The molecule has 1 aromatic carbocycles. The molecule has 1 atom stereocenters. The molecule has 0 spiro atoms. The van der Waals surface area contributed by atoms with Crippen LogP contribution >= 0.6 is 0 Å². The first-order chi connectivity index (χ1) is 14.3. The van der Waals surface area contributed by atoms with Gasteiger partial charge < -0.3 is 15.2 Å². The molecule has 1 heterocycles. The van der Waals surface area contributed by atoms with Gasteiger partial charge in [-0.25, -0.2) is 0 Å². The Labute approximate surface area is 177 Å². The van der Waals surface area contributed by atoms with Crippen LogP contribution in [-0.2, 0) is 11.3 Å². The van der Waals surface area contributed by atoms with Crippen LogP contribution in [0.1, 0.15) is 79.9 Å². The molecule has 0 bridgehead atoms. The lowest BCUT2D eigenvalue weighted by Crippen LogP contribution is -2.36. The average Bonchev–Trinajstić information content (AvgIpc) is 3.22. The molecule has 1 saturated carbocycles. The number of benzene rings is 1. The molecule has 2 aromatic rings. The fourth-order valence-electron chi connectivity index (χ4n) is 3.82. The Morgan fingerprint density at radius 1 is 1.00 bits per heavy atom. The van der Waals surface area contributed by atoms with Crippen molar-refractivity contribution in [3.8, 4) is 0 Å². The number of hydrogen-bond donors (Lipinski definition) is 2. The van der Waals surface area contributed by atoms with Gasteiger partial charge in [0.25, 0.3) is 11.5 Å². The molecule has 0 aliphatic heterocycles. The summed E-state index contributed by atoms with van der Waals surface area (Å²) in [7, 11) is 0. The number of carbonyl (C=O) groups is 2. The number of carbonyl (C=O) groups excluding carboxylic acids is 2. The van der Waals surface area contributed by atoms with E-state index in [0.29, 0.717) is 11.5 Å². The lowest BCUT2D eigenvalue weighted by atomic mass is 9.99. The van der Waals surface area contributed by atoms with Gasteiger partial charge in [-0.3, -0.25) is 14.4 Å². The van der Waals surface area contributed by atoms with Crippen LogP contribution in [0.25, 0.3) is 0 Å². The van der Waals surface area contributed by atoms with Crippen LogP contribution in [0, 0.1) is 0 Å². The number of rotatable bonds is 7. The van der Waals surface area contributed by atoms with Gasteiger partial charge in [-0.2, -0.15) is 0 Å². The molecule has 1 fully saturated rings. The largest absolute Gasteiger partial charge is 0.349 e. The van der Waals surface area contributed by atoms with Crippen molar-refractivity contribution in [1.29, 1.82) is 0 Å². The van der Waals surface area contributed by atoms with Crippen LogP contribution in [0.5, 0.6) is 0 Å². The van der Waals surface area contributed by atoms with Gasteiger partial charge in [0.05, 0.1) is 11.6 Å². The van der Waals surface area contributed by atoms with Gasteiger partial charge in [-0.15, -0.1) is 0 Å². The highest BCUT2D eigenvalue weighted by molar-refractivity contribution is 5.94. The van der Waals surface area contributed by atoms with Gasteiger partial charge in [0.15, 0.2) is 0 Å². The molecule has 3 rings (SSSR count). The van der Waals surface area contributed by atoms with E-state index in [1.807, 2.05) is 19.1 Å². The number of pyridine rings is 1. The summed E-state index contributed by atoms with van der Waals surface area (Å²) < 4.78 is 1.29. The van der Waals surface area contributed by atoms with E-state index in [1.165, 1.54) is 28.5 Å². The quantitative estimate of drug-likeness (QED) is 0.734. The molecule has 0 radical (unpaired) electrons. The number of hydrogen-bond acceptors (Lipinski definition) is 3. The van der Waals surface area contributed by atoms with Crippen LogP contribution in [0.15, 0.2) is 47.4 Å². The third kappa shape index (κ3) is 5.59. The fraction of sp³-hybridized carbons (Fsp3) is 0.458. The summed E-state index contributed by atoms with van der Waals surface area (Å²) >= 11 is 0. The molecule has 6 heteroatoms. The molecule has 1 aromatic heterocycles. The Balaban J connectivity index is 1.62. The standard InChI is InChI=1S/C24H31N3O3/c1-16(2)18-8-10-19(11-9-18)17(3)25-22(28)15-27-14-20(12-13-23(27)29)24(30)26-21-6-4-5-7-21/h8-14,16-17,21H,4-7,15H2,1-3H3,(H,25,28)(H,26,30)/t17-/m0/s1. The van der Waals surface area contributed by atoms with E-state index in [-0.39, 0.29) is 36.0 Å². The average molecular weight is 410 g/mol. The summed E-state index contributed by atoms with van der Waals surface area (Å²) in [6, 6.07) is 11.0. The molecule has 1 aliphatic rings. The number of aromatic nitrogens is 1. The smallest absolute Gasteiger partial charge is 0.252 e. The molecule has 0 saturated heterocycles. The predicted molar refractivity (Wildman–Crippen MR) is 118 cm³/mol. The van der Waals surface area contributed by atoms with Gasteiger partial charge >= 0.3 is 0 Å². The zero-order chi connectivity index (χ0) is 21.7. The van der Waals surface area contributed by atoms with Gasteiger partial charge in [-0.1, -0.05) is 51.0 Å². The third-order valence-electron chi connectivity index (χ3n) is 5.73. The van der Waals surface area contributed by atoms with Crippen molar-refractivity contribution in [2.75, 3.05) is 0 Å². The summed E-state index contributed by atoms with van der Waals surface area (Å²) in [5.74, 6) is -0.0190. The second kappa shape index (κ2) is 9.74. The first-order valence-corrected chi connectivity index (χ1v) is 10.7. The van der Waals surface area contributed by atoms with Gasteiger partial charge in [0.1, 0.15) is 6.54 Å². The predicted octanol–water partition coefficient (Wildman–Crippen LogP) is 3.52. The van der Waals surface area contributed by atoms with Crippen LogP contribution in [0.2, 0.25) is 0 Å². The molecule has 2 amide bonds. The highest BCUT2D eigenvalue weighted by Crippen LogP contribution is 2.19. The van der Waals surface area contributed by atoms with Crippen molar-refractivity contribution in [2.45, 2.75) is 71.0 Å². The maximum atomic E-state index is 12.5. The molecule has 2 N–H and O–H groups in total. The Morgan fingerprint density at radius 3 is 2.27 bits per heavy atom. The maximum Gasteiger partial charge on any atom is 0.252 e. The Kier molecular flexibility index (Phi) is 7.08. The van der Waals surface area contributed by atoms with Crippen molar-refractivity contribution in [2.24, 2.45) is 0 Å². The minimum atomic E-state index is -0.309. The van der Waals surface area contributed by atoms with Crippen molar-refractivity contribution in [1.82, 2.24) is 15.2 Å². The van der Waals surface area contributed by atoms with E-state index < -0.39 is 0 Å². The minimum absolute atomic E-state index is 0.127. The van der Waals surface area contributed by atoms with E-state index in [9.17, 15) is 14.4 Å². The van der Waals surface area contributed by atoms with E-state index in [0.717, 1.165) is 31.2 Å². The molecular formula is C24H31N3O3. The minimum Gasteiger partial charge on any atom is -0.349 e. The summed E-state index contributed by atoms with van der Waals surface area (Å²) in [5.41, 5.74) is 2.34. The monoisotopic (exact) mass is 409 g/mol. The van der Waals surface area contributed by atoms with Crippen molar-refractivity contribution < 1.29 is 9.59 Å². The zero-order valence-electron chi connectivity index (χ0n) is 18.0. The highest BCUT2D eigenvalue weighted by Gasteiger charge is 2.19. The molecule has 6 nitrogen and oxygen atoms in total. The maximum absolute atomic E-state index is 12.5. The first-order valence-electron chi connectivity index (χ1n) is 10.7.